The van der Waals surface area contributed by atoms with Crippen LogP contribution in [0.25, 0.3) is 6.08 Å². The third-order valence-corrected chi connectivity index (χ3v) is 3.01. The van der Waals surface area contributed by atoms with E-state index in [0.717, 1.165) is 23.4 Å². The summed E-state index contributed by atoms with van der Waals surface area (Å²) < 4.78 is 0. The van der Waals surface area contributed by atoms with Crippen LogP contribution in [-0.4, -0.2) is 16.8 Å². The van der Waals surface area contributed by atoms with Crippen LogP contribution in [0, 0.1) is 0 Å². The second-order valence-electron chi connectivity index (χ2n) is 3.80. The van der Waals surface area contributed by atoms with Crippen LogP contribution in [0.4, 0.5) is 5.69 Å². The molecule has 1 amide bonds. The molecular formula is C14H17NO2S. The van der Waals surface area contributed by atoms with Gasteiger partial charge in [0.25, 0.3) is 0 Å². The fraction of sp³-hybridized carbons (Fsp3) is 0.286. The van der Waals surface area contributed by atoms with Crippen molar-refractivity contribution in [2.24, 2.45) is 0 Å². The first-order valence-electron chi connectivity index (χ1n) is 5.76. The van der Waals surface area contributed by atoms with E-state index in [2.05, 4.69) is 5.32 Å². The fourth-order valence-corrected chi connectivity index (χ4v) is 1.97. The van der Waals surface area contributed by atoms with Crippen molar-refractivity contribution in [3.8, 4) is 0 Å². The Morgan fingerprint density at radius 2 is 2.00 bits per heavy atom. The second kappa shape index (κ2) is 7.71. The number of thioether (sulfide) groups is 1. The van der Waals surface area contributed by atoms with E-state index in [0.29, 0.717) is 0 Å². The monoisotopic (exact) mass is 263 g/mol. The lowest BCUT2D eigenvalue weighted by Gasteiger charge is -2.05. The zero-order chi connectivity index (χ0) is 13.4. The van der Waals surface area contributed by atoms with Crippen molar-refractivity contribution >= 4 is 34.5 Å². The number of nitrogens with one attached hydrogen (secondary N) is 1. The predicted molar refractivity (Wildman–Crippen MR) is 77.5 cm³/mol. The Bertz CT molecular complexity index is 455. The van der Waals surface area contributed by atoms with Crippen molar-refractivity contribution < 1.29 is 9.59 Å². The van der Waals surface area contributed by atoms with Crippen LogP contribution in [0.15, 0.2) is 30.3 Å². The van der Waals surface area contributed by atoms with Crippen LogP contribution >= 0.6 is 11.8 Å². The predicted octanol–water partition coefficient (Wildman–Crippen LogP) is 3.33. The summed E-state index contributed by atoms with van der Waals surface area (Å²) in [6.07, 6.45) is 4.81. The highest BCUT2D eigenvalue weighted by atomic mass is 32.2. The zero-order valence-electron chi connectivity index (χ0n) is 10.6. The summed E-state index contributed by atoms with van der Waals surface area (Å²) in [6.45, 7) is 3.06. The van der Waals surface area contributed by atoms with Crippen molar-refractivity contribution in [1.29, 1.82) is 0 Å². The summed E-state index contributed by atoms with van der Waals surface area (Å²) in [4.78, 5) is 21.8. The van der Waals surface area contributed by atoms with E-state index in [1.807, 2.05) is 36.4 Å². The van der Waals surface area contributed by atoms with Crippen LogP contribution in [0.1, 0.15) is 25.8 Å². The van der Waals surface area contributed by atoms with E-state index in [1.165, 1.54) is 18.7 Å². The Kier molecular flexibility index (Phi) is 6.22. The summed E-state index contributed by atoms with van der Waals surface area (Å²) >= 11 is 1.32. The third-order valence-electron chi connectivity index (χ3n) is 2.16. The van der Waals surface area contributed by atoms with Gasteiger partial charge in [-0.3, -0.25) is 9.59 Å². The maximum absolute atomic E-state index is 11.0. The van der Waals surface area contributed by atoms with Gasteiger partial charge in [0.2, 0.25) is 5.91 Å². The van der Waals surface area contributed by atoms with Crippen molar-refractivity contribution in [2.45, 2.75) is 20.3 Å². The van der Waals surface area contributed by atoms with Crippen molar-refractivity contribution in [3.63, 3.8) is 0 Å². The number of amides is 1. The molecule has 0 aliphatic heterocycles. The number of benzene rings is 1. The van der Waals surface area contributed by atoms with Crippen LogP contribution in [0.3, 0.4) is 0 Å². The molecule has 0 spiro atoms. The molecule has 0 aromatic heterocycles. The van der Waals surface area contributed by atoms with Gasteiger partial charge in [-0.2, -0.15) is 0 Å². The summed E-state index contributed by atoms with van der Waals surface area (Å²) in [5, 5.41) is 2.92. The average Bonchev–Trinajstić information content (AvgIpc) is 2.29. The summed E-state index contributed by atoms with van der Waals surface area (Å²) in [5.41, 5.74) is 1.78. The van der Waals surface area contributed by atoms with Gasteiger partial charge in [0.1, 0.15) is 0 Å². The molecule has 0 saturated heterocycles. The van der Waals surface area contributed by atoms with Crippen LogP contribution in [-0.2, 0) is 9.59 Å². The van der Waals surface area contributed by atoms with Gasteiger partial charge in [-0.1, -0.05) is 42.1 Å². The highest BCUT2D eigenvalue weighted by Gasteiger charge is 1.99. The maximum Gasteiger partial charge on any atom is 0.221 e. The van der Waals surface area contributed by atoms with Gasteiger partial charge in [-0.15, -0.1) is 0 Å². The molecule has 0 unspecified atom stereocenters. The molecule has 0 radical (unpaired) electrons. The standard InChI is InChI=1S/C14H17NO2S/c1-11(16)15-14-9-4-3-7-13(14)8-5-6-10-18-12(2)17/h3-5,7-9H,6,10H2,1-2H3,(H,15,16). The van der Waals surface area contributed by atoms with Crippen molar-refractivity contribution in [2.75, 3.05) is 11.1 Å². The number of hydrogen-bond acceptors (Lipinski definition) is 3. The molecule has 96 valence electrons. The molecule has 0 aliphatic carbocycles. The van der Waals surface area contributed by atoms with E-state index in [9.17, 15) is 9.59 Å². The van der Waals surface area contributed by atoms with Crippen LogP contribution < -0.4 is 5.32 Å². The first-order chi connectivity index (χ1) is 8.59. The zero-order valence-corrected chi connectivity index (χ0v) is 11.4. The SMILES string of the molecule is CC(=O)Nc1ccccc1C=CCCSC(C)=O. The van der Waals surface area contributed by atoms with Gasteiger partial charge in [0.15, 0.2) is 5.12 Å². The Balaban J connectivity index is 2.57. The molecule has 0 heterocycles. The summed E-state index contributed by atoms with van der Waals surface area (Å²) in [7, 11) is 0. The molecule has 0 aliphatic rings. The molecule has 1 aromatic carbocycles. The largest absolute Gasteiger partial charge is 0.326 e. The van der Waals surface area contributed by atoms with Crippen molar-refractivity contribution in [1.82, 2.24) is 0 Å². The molecule has 0 atom stereocenters. The normalized spacial score (nSPS) is 10.6. The Labute approximate surface area is 112 Å². The first-order valence-corrected chi connectivity index (χ1v) is 6.74. The molecule has 1 rings (SSSR count). The molecular weight excluding hydrogens is 246 g/mol. The maximum atomic E-state index is 11.0. The van der Waals surface area contributed by atoms with E-state index >= 15 is 0 Å². The van der Waals surface area contributed by atoms with Gasteiger partial charge in [0, 0.05) is 25.3 Å². The van der Waals surface area contributed by atoms with E-state index in [-0.39, 0.29) is 11.0 Å². The van der Waals surface area contributed by atoms with Crippen LogP contribution in [0.5, 0.6) is 0 Å². The lowest BCUT2D eigenvalue weighted by Crippen LogP contribution is -2.06. The third kappa shape index (κ3) is 5.68. The topological polar surface area (TPSA) is 46.2 Å². The number of anilines is 1. The Morgan fingerprint density at radius 3 is 2.67 bits per heavy atom. The summed E-state index contributed by atoms with van der Waals surface area (Å²) in [6, 6.07) is 7.62. The van der Waals surface area contributed by atoms with E-state index < -0.39 is 0 Å². The quantitative estimate of drug-likeness (QED) is 0.829. The highest BCUT2D eigenvalue weighted by Crippen LogP contribution is 2.17. The van der Waals surface area contributed by atoms with E-state index in [1.54, 1.807) is 6.92 Å². The van der Waals surface area contributed by atoms with Gasteiger partial charge in [-0.05, 0) is 18.1 Å². The Hall–Kier alpha value is -1.55. The number of rotatable bonds is 5. The minimum Gasteiger partial charge on any atom is -0.326 e. The molecule has 4 heteroatoms. The number of allylic oxidation sites excluding steroid dienone is 1. The van der Waals surface area contributed by atoms with Gasteiger partial charge < -0.3 is 5.32 Å². The molecule has 3 nitrogen and oxygen atoms in total. The van der Waals surface area contributed by atoms with Gasteiger partial charge in [0.05, 0.1) is 0 Å². The minimum absolute atomic E-state index is 0.0806. The molecule has 0 fully saturated rings. The Morgan fingerprint density at radius 1 is 1.28 bits per heavy atom. The number of carbonyl (C=O) groups excluding carboxylic acids is 2. The smallest absolute Gasteiger partial charge is 0.221 e. The fourth-order valence-electron chi connectivity index (χ4n) is 1.43. The molecule has 1 aromatic rings. The number of hydrogen-bond donors (Lipinski definition) is 1. The van der Waals surface area contributed by atoms with Gasteiger partial charge >= 0.3 is 0 Å². The van der Waals surface area contributed by atoms with Crippen LogP contribution in [0.2, 0.25) is 0 Å². The summed E-state index contributed by atoms with van der Waals surface area (Å²) in [5.74, 6) is 0.705. The highest BCUT2D eigenvalue weighted by molar-refractivity contribution is 8.13. The average molecular weight is 263 g/mol. The molecule has 0 saturated carbocycles. The molecule has 18 heavy (non-hydrogen) atoms. The number of para-hydroxylation sites is 1. The minimum atomic E-state index is -0.0806. The van der Waals surface area contributed by atoms with Gasteiger partial charge in [-0.25, -0.2) is 0 Å². The van der Waals surface area contributed by atoms with Crippen molar-refractivity contribution in [3.05, 3.63) is 35.9 Å². The lowest BCUT2D eigenvalue weighted by molar-refractivity contribution is -0.114. The lowest BCUT2D eigenvalue weighted by atomic mass is 10.1. The second-order valence-corrected chi connectivity index (χ2v) is 5.07. The first kappa shape index (κ1) is 14.5. The molecule has 1 N–H and O–H groups in total. The van der Waals surface area contributed by atoms with E-state index in [4.69, 9.17) is 0 Å². The number of carbonyl (C=O) groups is 2. The molecule has 0 bridgehead atoms.